The summed E-state index contributed by atoms with van der Waals surface area (Å²) in [6, 6.07) is 18.2. The molecule has 23 heavy (non-hydrogen) atoms. The van der Waals surface area contributed by atoms with Gasteiger partial charge in [-0.2, -0.15) is 0 Å². The van der Waals surface area contributed by atoms with Gasteiger partial charge in [-0.15, -0.1) is 0 Å². The molecule has 2 aromatic carbocycles. The zero-order valence-electron chi connectivity index (χ0n) is 13.0. The number of amides is 1. The first-order valence-corrected chi connectivity index (χ1v) is 7.68. The van der Waals surface area contributed by atoms with Gasteiger partial charge in [0.2, 0.25) is 5.91 Å². The molecular formula is C19H19NO3. The molecule has 2 aromatic rings. The first kappa shape index (κ1) is 15.3. The van der Waals surface area contributed by atoms with Gasteiger partial charge >= 0.3 is 5.97 Å². The van der Waals surface area contributed by atoms with E-state index in [1.807, 2.05) is 30.3 Å². The van der Waals surface area contributed by atoms with Crippen LogP contribution in [-0.2, 0) is 16.0 Å². The fourth-order valence-corrected chi connectivity index (χ4v) is 3.04. The molecule has 0 spiro atoms. The fraction of sp³-hybridized carbons (Fsp3) is 0.263. The molecular weight excluding hydrogens is 290 g/mol. The minimum Gasteiger partial charge on any atom is -0.480 e. The van der Waals surface area contributed by atoms with E-state index in [0.29, 0.717) is 12.8 Å². The zero-order valence-corrected chi connectivity index (χ0v) is 13.0. The van der Waals surface area contributed by atoms with Crippen LogP contribution >= 0.6 is 0 Å². The van der Waals surface area contributed by atoms with Gasteiger partial charge < -0.3 is 10.4 Å². The van der Waals surface area contributed by atoms with E-state index in [1.54, 1.807) is 0 Å². The van der Waals surface area contributed by atoms with Crippen molar-refractivity contribution in [2.45, 2.75) is 25.8 Å². The molecule has 2 N–H and O–H groups in total. The van der Waals surface area contributed by atoms with Gasteiger partial charge in [-0.25, -0.2) is 0 Å². The lowest BCUT2D eigenvalue weighted by Crippen LogP contribution is -2.36. The Morgan fingerprint density at radius 3 is 2.30 bits per heavy atom. The minimum absolute atomic E-state index is 0.133. The molecule has 1 fully saturated rings. The molecule has 0 bridgehead atoms. The molecule has 4 nitrogen and oxygen atoms in total. The lowest BCUT2D eigenvalue weighted by molar-refractivity contribution is -0.152. The molecule has 1 amide bonds. The van der Waals surface area contributed by atoms with Crippen molar-refractivity contribution in [3.05, 3.63) is 60.2 Å². The van der Waals surface area contributed by atoms with Crippen LogP contribution in [0.4, 0.5) is 0 Å². The summed E-state index contributed by atoms with van der Waals surface area (Å²) in [7, 11) is 0. The van der Waals surface area contributed by atoms with Crippen molar-refractivity contribution in [1.29, 1.82) is 0 Å². The van der Waals surface area contributed by atoms with Crippen LogP contribution in [0.3, 0.4) is 0 Å². The zero-order chi connectivity index (χ0) is 16.4. The van der Waals surface area contributed by atoms with Gasteiger partial charge in [0.1, 0.15) is 5.41 Å². The number of benzene rings is 2. The highest BCUT2D eigenvalue weighted by atomic mass is 16.4. The van der Waals surface area contributed by atoms with E-state index in [1.165, 1.54) is 6.92 Å². The van der Waals surface area contributed by atoms with E-state index < -0.39 is 17.3 Å². The number of carboxylic acids is 1. The molecule has 0 saturated carbocycles. The molecule has 0 radical (unpaired) electrons. The van der Waals surface area contributed by atoms with E-state index >= 15 is 0 Å². The lowest BCUT2D eigenvalue weighted by Gasteiger charge is -2.14. The van der Waals surface area contributed by atoms with E-state index in [4.69, 9.17) is 0 Å². The second-order valence-corrected chi connectivity index (χ2v) is 6.28. The third kappa shape index (κ3) is 2.97. The monoisotopic (exact) mass is 309 g/mol. The van der Waals surface area contributed by atoms with Gasteiger partial charge in [0.05, 0.1) is 0 Å². The second kappa shape index (κ2) is 5.88. The summed E-state index contributed by atoms with van der Waals surface area (Å²) in [6.45, 7) is 1.49. The summed E-state index contributed by atoms with van der Waals surface area (Å²) in [6.07, 6.45) is 0.964. The van der Waals surface area contributed by atoms with Crippen LogP contribution < -0.4 is 5.32 Å². The van der Waals surface area contributed by atoms with Crippen molar-refractivity contribution in [1.82, 2.24) is 5.32 Å². The first-order valence-electron chi connectivity index (χ1n) is 7.68. The number of aliphatic carboxylic acids is 1. The second-order valence-electron chi connectivity index (χ2n) is 6.28. The van der Waals surface area contributed by atoms with Gasteiger partial charge in [-0.3, -0.25) is 9.59 Å². The van der Waals surface area contributed by atoms with Crippen LogP contribution in [0.5, 0.6) is 0 Å². The molecule has 0 aliphatic carbocycles. The molecule has 3 rings (SSSR count). The number of nitrogens with one attached hydrogen (secondary N) is 1. The number of hydrogen-bond donors (Lipinski definition) is 2. The SMILES string of the molecule is CC1(C(=O)O)CC(Cc2ccc(-c3ccccc3)cc2)NC1=O. The van der Waals surface area contributed by atoms with Crippen molar-refractivity contribution >= 4 is 11.9 Å². The average Bonchev–Trinajstić information content (AvgIpc) is 2.84. The third-order valence-electron chi connectivity index (χ3n) is 4.51. The summed E-state index contributed by atoms with van der Waals surface area (Å²) in [5.41, 5.74) is 2.07. The van der Waals surface area contributed by atoms with Gasteiger partial charge in [-0.1, -0.05) is 54.6 Å². The molecule has 2 unspecified atom stereocenters. The highest BCUT2D eigenvalue weighted by Gasteiger charge is 2.48. The fourth-order valence-electron chi connectivity index (χ4n) is 3.04. The van der Waals surface area contributed by atoms with Crippen molar-refractivity contribution in [2.75, 3.05) is 0 Å². The average molecular weight is 309 g/mol. The normalized spacial score (nSPS) is 23.5. The van der Waals surface area contributed by atoms with Crippen LogP contribution in [0, 0.1) is 5.41 Å². The number of carbonyl (C=O) groups is 2. The number of rotatable bonds is 4. The van der Waals surface area contributed by atoms with Crippen LogP contribution in [0.15, 0.2) is 54.6 Å². The number of hydrogen-bond acceptors (Lipinski definition) is 2. The van der Waals surface area contributed by atoms with E-state index in [9.17, 15) is 14.7 Å². The quantitative estimate of drug-likeness (QED) is 0.853. The Morgan fingerprint density at radius 2 is 1.74 bits per heavy atom. The highest BCUT2D eigenvalue weighted by molar-refractivity contribution is 6.03. The van der Waals surface area contributed by atoms with Gasteiger partial charge in [0.15, 0.2) is 0 Å². The van der Waals surface area contributed by atoms with E-state index in [0.717, 1.165) is 16.7 Å². The Kier molecular flexibility index (Phi) is 3.90. The molecule has 1 heterocycles. The minimum atomic E-state index is -1.31. The predicted molar refractivity (Wildman–Crippen MR) is 87.9 cm³/mol. The topological polar surface area (TPSA) is 66.4 Å². The molecule has 0 aromatic heterocycles. The van der Waals surface area contributed by atoms with Crippen LogP contribution in [0.2, 0.25) is 0 Å². The maximum Gasteiger partial charge on any atom is 0.318 e. The molecule has 1 saturated heterocycles. The summed E-state index contributed by atoms with van der Waals surface area (Å²) < 4.78 is 0. The van der Waals surface area contributed by atoms with Crippen LogP contribution in [0.1, 0.15) is 18.9 Å². The summed E-state index contributed by atoms with van der Waals surface area (Å²) >= 11 is 0. The number of carbonyl (C=O) groups excluding carboxylic acids is 1. The van der Waals surface area contributed by atoms with Crippen molar-refractivity contribution < 1.29 is 14.7 Å². The van der Waals surface area contributed by atoms with E-state index in [2.05, 4.69) is 29.6 Å². The molecule has 1 aliphatic rings. The highest BCUT2D eigenvalue weighted by Crippen LogP contribution is 2.31. The van der Waals surface area contributed by atoms with Gasteiger partial charge in [0, 0.05) is 6.04 Å². The smallest absolute Gasteiger partial charge is 0.318 e. The van der Waals surface area contributed by atoms with Gasteiger partial charge in [0.25, 0.3) is 0 Å². The molecule has 118 valence electrons. The molecule has 4 heteroatoms. The molecule has 1 aliphatic heterocycles. The predicted octanol–water partition coefficient (Wildman–Crippen LogP) is 2.88. The Hall–Kier alpha value is -2.62. The maximum atomic E-state index is 11.9. The van der Waals surface area contributed by atoms with Crippen molar-refractivity contribution in [2.24, 2.45) is 5.41 Å². The summed E-state index contributed by atoms with van der Waals surface area (Å²) in [5.74, 6) is -1.45. The molecule has 2 atom stereocenters. The summed E-state index contributed by atoms with van der Waals surface area (Å²) in [5, 5.41) is 12.0. The first-order chi connectivity index (χ1) is 11.0. The standard InChI is InChI=1S/C19H19NO3/c1-19(18(22)23)12-16(20-17(19)21)11-13-7-9-15(10-8-13)14-5-3-2-4-6-14/h2-10,16H,11-12H2,1H3,(H,20,21)(H,22,23). The Morgan fingerprint density at radius 1 is 1.13 bits per heavy atom. The summed E-state index contributed by atoms with van der Waals surface area (Å²) in [4.78, 5) is 23.2. The van der Waals surface area contributed by atoms with Gasteiger partial charge in [-0.05, 0) is 36.5 Å². The number of carboxylic acid groups (broad SMARTS) is 1. The Labute approximate surface area is 135 Å². The third-order valence-corrected chi connectivity index (χ3v) is 4.51. The Bertz CT molecular complexity index is 724. The van der Waals surface area contributed by atoms with Crippen molar-refractivity contribution in [3.63, 3.8) is 0 Å². The van der Waals surface area contributed by atoms with Crippen LogP contribution in [0.25, 0.3) is 11.1 Å². The maximum absolute atomic E-state index is 11.9. The Balaban J connectivity index is 1.70. The van der Waals surface area contributed by atoms with Crippen LogP contribution in [-0.4, -0.2) is 23.0 Å². The van der Waals surface area contributed by atoms with Crippen molar-refractivity contribution in [3.8, 4) is 11.1 Å². The van der Waals surface area contributed by atoms with E-state index in [-0.39, 0.29) is 6.04 Å². The largest absolute Gasteiger partial charge is 0.480 e. The lowest BCUT2D eigenvalue weighted by atomic mass is 9.86.